The van der Waals surface area contributed by atoms with E-state index >= 15 is 0 Å². The average Bonchev–Trinajstić information content (AvgIpc) is 2.13. The van der Waals surface area contributed by atoms with Gasteiger partial charge in [-0.1, -0.05) is 0 Å². The van der Waals surface area contributed by atoms with E-state index in [1.807, 2.05) is 0 Å². The summed E-state index contributed by atoms with van der Waals surface area (Å²) in [5.41, 5.74) is 0. The molecule has 0 atom stereocenters. The van der Waals surface area contributed by atoms with Gasteiger partial charge in [-0.15, -0.1) is 0 Å². The Balaban J connectivity index is 5.37. The number of hydrogen-bond donors (Lipinski definition) is 0. The second kappa shape index (κ2) is 10.0. The van der Waals surface area contributed by atoms with Gasteiger partial charge < -0.3 is 0 Å². The number of hydrogen-bond acceptors (Lipinski definition) is 0. The normalized spacial score (nSPS) is 10.2. The fraction of sp³-hybridized carbons (Fsp3) is 0. The summed E-state index contributed by atoms with van der Waals surface area (Å²) in [6.45, 7) is 0. The van der Waals surface area contributed by atoms with E-state index in [0.29, 0.717) is 0 Å². The Morgan fingerprint density at radius 3 is 0.889 bits per heavy atom. The van der Waals surface area contributed by atoms with E-state index in [1.165, 1.54) is 0 Å². The van der Waals surface area contributed by atoms with Crippen LogP contribution in [-0.2, 0) is 0 Å². The Labute approximate surface area is 151 Å². The Morgan fingerprint density at radius 2 is 0.778 bits per heavy atom. The van der Waals surface area contributed by atoms with Gasteiger partial charge in [0.15, 0.2) is 0 Å². The molecule has 0 spiro atoms. The summed E-state index contributed by atoms with van der Waals surface area (Å²) in [5.74, 6) is 0. The van der Waals surface area contributed by atoms with Crippen LogP contribution in [0.1, 0.15) is 0 Å². The van der Waals surface area contributed by atoms with Crippen LogP contribution in [0.2, 0.25) is 0 Å². The first-order chi connectivity index (χ1) is 8.11. The van der Waals surface area contributed by atoms with Crippen molar-refractivity contribution in [2.45, 2.75) is 0 Å². The molecule has 18 heavy (non-hydrogen) atoms. The van der Waals surface area contributed by atoms with Gasteiger partial charge in [-0.25, -0.2) is 0 Å². The van der Waals surface area contributed by atoms with E-state index in [9.17, 15) is 0 Å². The van der Waals surface area contributed by atoms with Crippen molar-refractivity contribution >= 4 is 153 Å². The summed E-state index contributed by atoms with van der Waals surface area (Å²) in [7, 11) is 46.3. The van der Waals surface area contributed by atoms with Crippen LogP contribution in [0.25, 0.3) is 0 Å². The minimum atomic E-state index is -1.51. The zero-order chi connectivity index (χ0) is 14.6. The van der Waals surface area contributed by atoms with Crippen LogP contribution in [0.15, 0.2) is 0 Å². The van der Waals surface area contributed by atoms with Crippen molar-refractivity contribution in [1.82, 2.24) is 0 Å². The molecule has 0 saturated heterocycles. The number of halogens is 3. The molecule has 0 heterocycles. The Hall–Kier alpha value is 3.16. The van der Waals surface area contributed by atoms with Gasteiger partial charge in [0, 0.05) is 0 Å². The topological polar surface area (TPSA) is 0 Å². The molecule has 16 radical (unpaired) electrons. The zero-order valence-electron chi connectivity index (χ0n) is 9.79. The fourth-order valence-electron chi connectivity index (χ4n) is 1.84. The van der Waals surface area contributed by atoms with Crippen molar-refractivity contribution in [2.75, 3.05) is 0 Å². The third kappa shape index (κ3) is 6.51. The van der Waals surface area contributed by atoms with Crippen molar-refractivity contribution in [1.29, 1.82) is 0 Å². The summed E-state index contributed by atoms with van der Waals surface area (Å²) in [6.07, 6.45) is -3.23. The Kier molecular flexibility index (Phi) is 11.8. The van der Waals surface area contributed by atoms with E-state index in [-0.39, 0.29) is 17.1 Å². The van der Waals surface area contributed by atoms with Gasteiger partial charge in [-0.3, -0.25) is 0 Å². The molecule has 0 bridgehead atoms. The van der Waals surface area contributed by atoms with Gasteiger partial charge in [0.2, 0.25) is 0 Å². The van der Waals surface area contributed by atoms with Crippen LogP contribution in [-0.4, -0.2) is 105 Å². The molecule has 0 aliphatic rings. The molecule has 0 aliphatic carbocycles. The summed E-state index contributed by atoms with van der Waals surface area (Å²) < 4.78 is -0.0181. The van der Waals surface area contributed by atoms with Crippen LogP contribution in [0, 0.1) is 0 Å². The molecule has 18 heteroatoms. The summed E-state index contributed by atoms with van der Waals surface area (Å²) >= 11 is 3.23. The Bertz CT molecular complexity index is 186. The number of rotatable bonds is 7. The molecule has 66 valence electrons. The van der Waals surface area contributed by atoms with Crippen LogP contribution in [0.4, 0.5) is 0 Å². The van der Waals surface area contributed by atoms with Crippen molar-refractivity contribution in [3.05, 3.63) is 0 Å². The average molecular weight is 543 g/mol. The molecule has 0 rings (SSSR count). The Morgan fingerprint density at radius 1 is 0.556 bits per heavy atom. The van der Waals surface area contributed by atoms with Crippen LogP contribution in [0.5, 0.6) is 0 Å². The fourth-order valence-corrected chi connectivity index (χ4v) is 13.4. The van der Waals surface area contributed by atoms with E-state index in [2.05, 4.69) is 37.2 Å². The van der Waals surface area contributed by atoms with Crippen molar-refractivity contribution in [2.24, 2.45) is 0 Å². The SMILES string of the molecule is [B]B([B])B(B([B])[B])B(B(B([B])[B])B([B])[B])I(I)I. The predicted octanol–water partition coefficient (Wildman–Crippen LogP) is -3.05. The standard InChI is InChI=1S/B15I3/c1-9(2)13(10(3)4)15(18(16)17)14(11(5)6)12(7)8. The van der Waals surface area contributed by atoms with Crippen LogP contribution in [0.3, 0.4) is 0 Å². The summed E-state index contributed by atoms with van der Waals surface area (Å²) in [5, 5.41) is 0. The van der Waals surface area contributed by atoms with Crippen molar-refractivity contribution in [3.8, 4) is 0 Å². The third-order valence-electron chi connectivity index (χ3n) is 2.70. The van der Waals surface area contributed by atoms with Crippen molar-refractivity contribution in [3.63, 3.8) is 0 Å². The minimum absolute atomic E-state index is 0.0181. The molecule has 0 aromatic rings. The van der Waals surface area contributed by atoms with Gasteiger partial charge >= 0.3 is 153 Å². The molecule has 0 amide bonds. The molecule has 0 saturated carbocycles. The van der Waals surface area contributed by atoms with Gasteiger partial charge in [0.05, 0.1) is 0 Å². The van der Waals surface area contributed by atoms with Gasteiger partial charge in [0.25, 0.3) is 0 Å². The molecule has 0 aromatic heterocycles. The molecule has 0 fully saturated rings. The van der Waals surface area contributed by atoms with Crippen LogP contribution < -0.4 is 0 Å². The summed E-state index contributed by atoms with van der Waals surface area (Å²) in [4.78, 5) is 0. The maximum atomic E-state index is 5.79. The molecular formula is B15I3. The first-order valence-electron chi connectivity index (χ1n) is 5.17. The first-order valence-corrected chi connectivity index (χ1v) is 19.0. The maximum absolute atomic E-state index is 5.79. The van der Waals surface area contributed by atoms with Gasteiger partial charge in [-0.2, -0.15) is 0 Å². The molecule has 0 unspecified atom stereocenters. The summed E-state index contributed by atoms with van der Waals surface area (Å²) in [6, 6.07) is 0. The van der Waals surface area contributed by atoms with E-state index in [1.54, 1.807) is 0 Å². The van der Waals surface area contributed by atoms with Crippen LogP contribution >= 0.6 is 48.9 Å². The van der Waals surface area contributed by atoms with Crippen molar-refractivity contribution < 1.29 is 0 Å². The van der Waals surface area contributed by atoms with E-state index in [0.717, 1.165) is 0 Å². The third-order valence-corrected chi connectivity index (χ3v) is 12.7. The van der Waals surface area contributed by atoms with Gasteiger partial charge in [0.1, 0.15) is 0 Å². The second-order valence-corrected chi connectivity index (χ2v) is 29.1. The monoisotopic (exact) mass is 546 g/mol. The van der Waals surface area contributed by atoms with E-state index < -0.39 is 37.2 Å². The van der Waals surface area contributed by atoms with Gasteiger partial charge in [-0.05, 0) is 0 Å². The molecule has 0 N–H and O–H groups in total. The first kappa shape index (κ1) is 21.2. The molecule has 0 nitrogen and oxygen atoms in total. The second-order valence-electron chi connectivity index (χ2n) is 4.13. The quantitative estimate of drug-likeness (QED) is 0.237. The zero-order valence-corrected chi connectivity index (χ0v) is 16.3. The molecular weight excluding hydrogens is 543 g/mol. The molecule has 0 aromatic carbocycles. The molecule has 0 aliphatic heterocycles. The van der Waals surface area contributed by atoms with E-state index in [4.69, 9.17) is 61.9 Å². The predicted molar refractivity (Wildman–Crippen MR) is 128 cm³/mol.